The van der Waals surface area contributed by atoms with E-state index in [1.807, 2.05) is 4.98 Å². The summed E-state index contributed by atoms with van der Waals surface area (Å²) in [6.07, 6.45) is 1.08. The number of nitrogens with one attached hydrogen (secondary N) is 1. The topological polar surface area (TPSA) is 226 Å². The highest BCUT2D eigenvalue weighted by atomic mass is 31.3. The fourth-order valence-corrected chi connectivity index (χ4v) is 3.23. The lowest BCUT2D eigenvalue weighted by molar-refractivity contribution is 0.204. The zero-order valence-electron chi connectivity index (χ0n) is 9.92. The van der Waals surface area contributed by atoms with Crippen LogP contribution in [-0.2, 0) is 22.3 Å². The number of hydrogen-bond acceptors (Lipinski definition) is 7. The second kappa shape index (κ2) is 7.53. The second-order valence-corrected chi connectivity index (χ2v) is 7.22. The van der Waals surface area contributed by atoms with E-state index in [9.17, 15) is 27.8 Å². The lowest BCUT2D eigenvalue weighted by Crippen LogP contribution is -2.28. The Bertz CT molecular complexity index is 700. The van der Waals surface area contributed by atoms with E-state index >= 15 is 0 Å². The van der Waals surface area contributed by atoms with Crippen LogP contribution in [0.25, 0.3) is 0 Å². The van der Waals surface area contributed by atoms with Gasteiger partial charge in [0.1, 0.15) is 0 Å². The smallest absolute Gasteiger partial charge is 0.312 e. The van der Waals surface area contributed by atoms with E-state index in [1.54, 1.807) is 0 Å². The molecular weight excluding hydrogens is 380 g/mol. The third-order valence-electron chi connectivity index (χ3n) is 1.22. The molecule has 1 aromatic heterocycles. The van der Waals surface area contributed by atoms with Gasteiger partial charge in [-0.1, -0.05) is 9.27 Å². The van der Waals surface area contributed by atoms with Gasteiger partial charge < -0.3 is 29.5 Å². The van der Waals surface area contributed by atoms with E-state index in [1.165, 1.54) is 0 Å². The van der Waals surface area contributed by atoms with Crippen molar-refractivity contribution in [2.45, 2.75) is 0 Å². The summed E-state index contributed by atoms with van der Waals surface area (Å²) in [6, 6.07) is 0.918. The van der Waals surface area contributed by atoms with Crippen molar-refractivity contribution in [1.29, 1.82) is 0 Å². The quantitative estimate of drug-likeness (QED) is 0.327. The second-order valence-electron chi connectivity index (χ2n) is 3.01. The number of phosphoric acid groups is 3. The summed E-state index contributed by atoms with van der Waals surface area (Å²) in [6.45, 7) is 0. The van der Waals surface area contributed by atoms with Gasteiger partial charge in [-0.25, -0.2) is 18.5 Å². The molecule has 0 unspecified atom stereocenters. The maximum atomic E-state index is 12.0. The van der Waals surface area contributed by atoms with Gasteiger partial charge in [0, 0.05) is 12.3 Å². The molecule has 0 aliphatic heterocycles. The molecule has 0 bridgehead atoms. The summed E-state index contributed by atoms with van der Waals surface area (Å²) >= 11 is 0. The molecule has 18 heteroatoms. The molecule has 0 aliphatic carbocycles. The van der Waals surface area contributed by atoms with E-state index in [0.29, 0.717) is 0 Å². The Morgan fingerprint density at radius 3 is 1.68 bits per heavy atom. The summed E-state index contributed by atoms with van der Waals surface area (Å²) in [4.78, 5) is 62.1. The lowest BCUT2D eigenvalue weighted by Gasteiger charge is -2.11. The molecule has 0 fully saturated rings. The van der Waals surface area contributed by atoms with Crippen molar-refractivity contribution in [3.05, 3.63) is 33.1 Å². The SMILES string of the molecule is O=P(O)(O)OP(=O)(O)OP(=O)(O)O.O=c1cc[nH]c(=O)n1F. The largest absolute Gasteiger partial charge is 0.490 e. The number of hydrogen-bond donors (Lipinski definition) is 6. The highest BCUT2D eigenvalue weighted by Gasteiger charge is 2.38. The summed E-state index contributed by atoms with van der Waals surface area (Å²) in [5.41, 5.74) is -2.01. The Hall–Kier alpha value is -0.980. The van der Waals surface area contributed by atoms with Gasteiger partial charge in [-0.05, 0) is 0 Å². The summed E-state index contributed by atoms with van der Waals surface area (Å²) in [5.74, 6) is 0. The number of halogens is 1. The van der Waals surface area contributed by atoms with Crippen LogP contribution in [0.3, 0.4) is 0 Å². The fraction of sp³-hybridized carbons (Fsp3) is 0. The molecule has 0 saturated carbocycles. The Labute approximate surface area is 118 Å². The number of nitrogens with zero attached hydrogens (tertiary/aromatic N) is 1. The van der Waals surface area contributed by atoms with E-state index in [4.69, 9.17) is 24.5 Å². The van der Waals surface area contributed by atoms with Gasteiger partial charge in [-0.2, -0.15) is 8.62 Å². The minimum absolute atomic E-state index is 0.500. The van der Waals surface area contributed by atoms with E-state index < -0.39 is 39.5 Å². The van der Waals surface area contributed by atoms with E-state index in [0.717, 1.165) is 12.3 Å². The number of rotatable bonds is 4. The Kier molecular flexibility index (Phi) is 7.19. The highest BCUT2D eigenvalue weighted by Crippen LogP contribution is 2.64. The minimum atomic E-state index is -5.46. The van der Waals surface area contributed by atoms with Crippen molar-refractivity contribution < 1.29 is 51.3 Å². The van der Waals surface area contributed by atoms with Crippen LogP contribution in [0.5, 0.6) is 0 Å². The first-order valence-electron chi connectivity index (χ1n) is 4.46. The monoisotopic (exact) mass is 388 g/mol. The van der Waals surface area contributed by atoms with Crippen molar-refractivity contribution in [3.63, 3.8) is 0 Å². The zero-order chi connectivity index (χ0) is 17.8. The van der Waals surface area contributed by atoms with Gasteiger partial charge in [0.15, 0.2) is 0 Å². The number of aromatic nitrogens is 2. The molecule has 14 nitrogen and oxygen atoms in total. The standard InChI is InChI=1S/C4H3FN2O2.H5O10P3/c5-7-3(8)1-2-6-4(7)9;1-11(2,3)9-13(7,8)10-12(4,5)6/h1-2H,(H,6,9);(H,7,8)(H2,1,2,3)(H2,4,5,6). The van der Waals surface area contributed by atoms with Crippen LogP contribution in [0, 0.1) is 0 Å². The first-order valence-corrected chi connectivity index (χ1v) is 9.02. The molecule has 1 rings (SSSR count). The average molecular weight is 388 g/mol. The number of H-pyrrole nitrogens is 1. The number of aromatic amines is 1. The molecular formula is C4H8FN2O12P3. The maximum Gasteiger partial charge on any atom is 0.490 e. The fourth-order valence-electron chi connectivity index (χ4n) is 0.690. The predicted molar refractivity (Wildman–Crippen MR) is 63.9 cm³/mol. The van der Waals surface area contributed by atoms with E-state index in [2.05, 4.69) is 8.62 Å². The molecule has 0 atom stereocenters. The van der Waals surface area contributed by atoms with Gasteiger partial charge in [0.25, 0.3) is 5.56 Å². The molecule has 0 radical (unpaired) electrons. The molecule has 0 aromatic carbocycles. The first-order chi connectivity index (χ1) is 9.63. The van der Waals surface area contributed by atoms with Gasteiger partial charge in [-0.15, -0.1) is 0 Å². The Morgan fingerprint density at radius 2 is 1.41 bits per heavy atom. The summed E-state index contributed by atoms with van der Waals surface area (Å²) in [7, 11) is -16.2. The van der Waals surface area contributed by atoms with Gasteiger partial charge in [0.2, 0.25) is 0 Å². The van der Waals surface area contributed by atoms with Crippen molar-refractivity contribution in [2.24, 2.45) is 0 Å². The van der Waals surface area contributed by atoms with Crippen molar-refractivity contribution in [2.75, 3.05) is 0 Å². The van der Waals surface area contributed by atoms with Crippen LogP contribution in [-0.4, -0.2) is 34.2 Å². The highest BCUT2D eigenvalue weighted by molar-refractivity contribution is 7.66. The van der Waals surface area contributed by atoms with Crippen LogP contribution in [0.15, 0.2) is 21.9 Å². The zero-order valence-corrected chi connectivity index (χ0v) is 12.6. The molecule has 0 aliphatic rings. The average Bonchev–Trinajstić information content (AvgIpc) is 2.19. The van der Waals surface area contributed by atoms with Crippen LogP contribution in [0.2, 0.25) is 0 Å². The van der Waals surface area contributed by atoms with Crippen molar-refractivity contribution in [1.82, 2.24) is 9.77 Å². The first kappa shape index (κ1) is 21.0. The van der Waals surface area contributed by atoms with E-state index in [-0.39, 0.29) is 0 Å². The molecule has 1 aromatic rings. The minimum Gasteiger partial charge on any atom is -0.312 e. The third-order valence-corrected chi connectivity index (χ3v) is 4.58. The molecule has 22 heavy (non-hydrogen) atoms. The van der Waals surface area contributed by atoms with Crippen LogP contribution in [0.4, 0.5) is 4.48 Å². The molecule has 0 saturated heterocycles. The summed E-state index contributed by atoms with van der Waals surface area (Å²) in [5, 5.41) is 0. The van der Waals surface area contributed by atoms with Gasteiger partial charge >= 0.3 is 29.2 Å². The predicted octanol–water partition coefficient (Wildman–Crippen LogP) is -1.43. The van der Waals surface area contributed by atoms with Crippen molar-refractivity contribution in [3.8, 4) is 0 Å². The Balaban J connectivity index is 0.000000425. The van der Waals surface area contributed by atoms with Gasteiger partial charge in [-0.3, -0.25) is 4.79 Å². The molecule has 1 heterocycles. The van der Waals surface area contributed by atoms with Crippen molar-refractivity contribution >= 4 is 23.5 Å². The van der Waals surface area contributed by atoms with Crippen LogP contribution >= 0.6 is 23.5 Å². The Morgan fingerprint density at radius 1 is 1.00 bits per heavy atom. The molecule has 6 N–H and O–H groups in total. The lowest BCUT2D eigenvalue weighted by atomic mass is 10.7. The molecule has 0 spiro atoms. The van der Waals surface area contributed by atoms with Crippen LogP contribution < -0.4 is 11.2 Å². The third kappa shape index (κ3) is 9.87. The van der Waals surface area contributed by atoms with Crippen LogP contribution in [0.1, 0.15) is 0 Å². The molecule has 128 valence electrons. The molecule has 0 amide bonds. The maximum absolute atomic E-state index is 12.0. The van der Waals surface area contributed by atoms with Gasteiger partial charge in [0.05, 0.1) is 0 Å². The normalized spacial score (nSPS) is 12.5. The summed E-state index contributed by atoms with van der Waals surface area (Å²) < 4.78 is 48.4.